The molecule has 1 heterocycles. The van der Waals surface area contributed by atoms with Crippen molar-refractivity contribution in [3.05, 3.63) is 12.2 Å². The summed E-state index contributed by atoms with van der Waals surface area (Å²) in [7, 11) is 1.58. The highest BCUT2D eigenvalue weighted by Gasteiger charge is 2.54. The Labute approximate surface area is 257 Å². The van der Waals surface area contributed by atoms with Gasteiger partial charge in [-0.25, -0.2) is 4.79 Å². The number of amides is 2. The number of carbonyl (C=O) groups is 3. The van der Waals surface area contributed by atoms with Gasteiger partial charge in [0.25, 0.3) is 6.47 Å². The van der Waals surface area contributed by atoms with Crippen LogP contribution in [0.25, 0.3) is 0 Å². The highest BCUT2D eigenvalue weighted by atomic mass is 16.6. The third-order valence-corrected chi connectivity index (χ3v) is 6.83. The largest absolute Gasteiger partial charge is 0.444 e. The lowest BCUT2D eigenvalue weighted by atomic mass is 9.81. The van der Waals surface area contributed by atoms with Crippen LogP contribution >= 0.6 is 0 Å². The van der Waals surface area contributed by atoms with Crippen LogP contribution in [-0.4, -0.2) is 113 Å². The molecule has 0 unspecified atom stereocenters. The molecule has 43 heavy (non-hydrogen) atoms. The van der Waals surface area contributed by atoms with Crippen molar-refractivity contribution in [1.29, 1.82) is 0 Å². The van der Waals surface area contributed by atoms with E-state index in [0.29, 0.717) is 65.6 Å². The second-order valence-electron chi connectivity index (χ2n) is 11.4. The molecule has 0 saturated carbocycles. The van der Waals surface area contributed by atoms with E-state index in [1.54, 1.807) is 27.9 Å². The first-order valence-electron chi connectivity index (χ1n) is 14.8. The topological polar surface area (TPSA) is 131 Å². The van der Waals surface area contributed by atoms with E-state index in [1.807, 2.05) is 26.0 Å². The summed E-state index contributed by atoms with van der Waals surface area (Å²) in [5.41, 5.74) is -1.63. The van der Waals surface area contributed by atoms with Gasteiger partial charge in [0, 0.05) is 26.4 Å². The van der Waals surface area contributed by atoms with Crippen molar-refractivity contribution in [2.75, 3.05) is 60.0 Å². The van der Waals surface area contributed by atoms with Crippen molar-refractivity contribution in [1.82, 2.24) is 10.2 Å². The van der Waals surface area contributed by atoms with Gasteiger partial charge in [-0.15, -0.1) is 6.42 Å². The summed E-state index contributed by atoms with van der Waals surface area (Å²) in [6.45, 7) is 14.0. The number of hydrogen-bond acceptors (Lipinski definition) is 10. The fraction of sp³-hybridized carbons (Fsp3) is 0.774. The monoisotopic (exact) mass is 612 g/mol. The second kappa shape index (κ2) is 20.3. The number of ether oxygens (including phenoxy) is 7. The van der Waals surface area contributed by atoms with Gasteiger partial charge in [-0.1, -0.05) is 31.4 Å². The normalized spacial score (nSPS) is 20.8. The van der Waals surface area contributed by atoms with Gasteiger partial charge in [-0.2, -0.15) is 0 Å². The molecule has 1 aliphatic heterocycles. The van der Waals surface area contributed by atoms with Crippen LogP contribution in [0, 0.1) is 18.3 Å². The van der Waals surface area contributed by atoms with Crippen LogP contribution in [-0.2, 0) is 42.7 Å². The van der Waals surface area contributed by atoms with Gasteiger partial charge < -0.3 is 38.5 Å². The summed E-state index contributed by atoms with van der Waals surface area (Å²) in [4.78, 5) is 38.9. The van der Waals surface area contributed by atoms with E-state index in [4.69, 9.17) is 39.6 Å². The number of hydrogen-bond donors (Lipinski definition) is 1. The SMILES string of the molecule is C#CCOCCOCCOCCOC/C=C\[C@@H]1C[C@H](OC=O)N(C(=O)OC(C)(C)C)[C@H]1[C@@H](NC(C)=O)[C@](C)(CCC)OC. The fourth-order valence-electron chi connectivity index (χ4n) is 4.99. The van der Waals surface area contributed by atoms with E-state index in [0.717, 1.165) is 6.42 Å². The predicted octanol–water partition coefficient (Wildman–Crippen LogP) is 3.08. The minimum atomic E-state index is -0.897. The van der Waals surface area contributed by atoms with Gasteiger partial charge in [0.2, 0.25) is 5.91 Å². The molecular weight excluding hydrogens is 560 g/mol. The standard InChI is InChI=1S/C31H52N2O10/c1-9-13-31(7,37-8)28(32-24(3)35)27-25(22-26(42-23-34)33(27)29(36)43-30(4,5)6)12-11-15-39-17-19-41-21-20-40-18-16-38-14-10-2/h2,11-12,23,25-28H,9,13-22H2,1,3-8H3,(H,32,35)/b12-11-/t25-,26+,27-,28-,31+/m1/s1. The van der Waals surface area contributed by atoms with Crippen LogP contribution < -0.4 is 5.32 Å². The molecule has 0 aliphatic carbocycles. The van der Waals surface area contributed by atoms with Gasteiger partial charge in [-0.05, 0) is 34.1 Å². The van der Waals surface area contributed by atoms with Gasteiger partial charge in [-0.3, -0.25) is 14.5 Å². The number of terminal acetylenes is 1. The molecule has 0 bridgehead atoms. The lowest BCUT2D eigenvalue weighted by Gasteiger charge is -2.44. The Morgan fingerprint density at radius 3 is 2.16 bits per heavy atom. The molecule has 2 amide bonds. The molecule has 0 spiro atoms. The molecule has 246 valence electrons. The van der Waals surface area contributed by atoms with Crippen molar-refractivity contribution in [2.45, 2.75) is 90.3 Å². The van der Waals surface area contributed by atoms with Crippen LogP contribution in [0.5, 0.6) is 0 Å². The van der Waals surface area contributed by atoms with Crippen LogP contribution in [0.1, 0.15) is 60.8 Å². The Morgan fingerprint density at radius 2 is 1.65 bits per heavy atom. The second-order valence-corrected chi connectivity index (χ2v) is 11.4. The number of carbonyl (C=O) groups excluding carboxylic acids is 3. The first-order valence-corrected chi connectivity index (χ1v) is 14.8. The molecule has 1 N–H and O–H groups in total. The third kappa shape index (κ3) is 14.1. The Balaban J connectivity index is 2.98. The maximum Gasteiger partial charge on any atom is 0.413 e. The summed E-state index contributed by atoms with van der Waals surface area (Å²) >= 11 is 0. The van der Waals surface area contributed by atoms with Gasteiger partial charge in [0.15, 0.2) is 6.23 Å². The Kier molecular flexibility index (Phi) is 18.1. The summed E-state index contributed by atoms with van der Waals surface area (Å²) in [5.74, 6) is 1.80. The Hall–Kier alpha value is -2.69. The lowest BCUT2D eigenvalue weighted by Crippen LogP contribution is -2.64. The van der Waals surface area contributed by atoms with Crippen molar-refractivity contribution in [3.8, 4) is 12.3 Å². The fourth-order valence-corrected chi connectivity index (χ4v) is 4.99. The van der Waals surface area contributed by atoms with Crippen molar-refractivity contribution in [2.24, 2.45) is 5.92 Å². The molecule has 1 fully saturated rings. The third-order valence-electron chi connectivity index (χ3n) is 6.83. The molecule has 0 aromatic heterocycles. The molecule has 0 radical (unpaired) electrons. The summed E-state index contributed by atoms with van der Waals surface area (Å²) < 4.78 is 38.8. The molecule has 1 saturated heterocycles. The van der Waals surface area contributed by atoms with E-state index in [9.17, 15) is 14.4 Å². The summed E-state index contributed by atoms with van der Waals surface area (Å²) in [6.07, 6.45) is 9.02. The molecule has 5 atom stereocenters. The Morgan fingerprint density at radius 1 is 1.05 bits per heavy atom. The van der Waals surface area contributed by atoms with Crippen LogP contribution in [0.2, 0.25) is 0 Å². The van der Waals surface area contributed by atoms with E-state index < -0.39 is 35.6 Å². The maximum absolute atomic E-state index is 13.5. The van der Waals surface area contributed by atoms with Crippen LogP contribution in [0.4, 0.5) is 4.79 Å². The number of nitrogens with zero attached hydrogens (tertiary/aromatic N) is 1. The number of nitrogens with one attached hydrogen (secondary N) is 1. The zero-order chi connectivity index (χ0) is 32.3. The van der Waals surface area contributed by atoms with E-state index >= 15 is 0 Å². The highest BCUT2D eigenvalue weighted by molar-refractivity contribution is 5.74. The predicted molar refractivity (Wildman–Crippen MR) is 160 cm³/mol. The lowest BCUT2D eigenvalue weighted by molar-refractivity contribution is -0.143. The molecule has 0 aromatic rings. The van der Waals surface area contributed by atoms with Crippen molar-refractivity contribution in [3.63, 3.8) is 0 Å². The number of rotatable bonds is 21. The number of likely N-dealkylation sites (tertiary alicyclic amines) is 1. The van der Waals surface area contributed by atoms with E-state index in [1.165, 1.54) is 11.8 Å². The molecule has 0 aromatic carbocycles. The van der Waals surface area contributed by atoms with Crippen molar-refractivity contribution < 1.29 is 47.5 Å². The number of methoxy groups -OCH3 is 1. The van der Waals surface area contributed by atoms with Crippen molar-refractivity contribution >= 4 is 18.5 Å². The molecule has 12 heteroatoms. The van der Waals surface area contributed by atoms with Gasteiger partial charge in [0.1, 0.15) is 12.2 Å². The van der Waals surface area contributed by atoms with Gasteiger partial charge in [0.05, 0.1) is 63.9 Å². The first-order chi connectivity index (χ1) is 20.4. The molecular formula is C31H52N2O10. The highest BCUT2D eigenvalue weighted by Crippen LogP contribution is 2.39. The zero-order valence-electron chi connectivity index (χ0n) is 26.9. The average molecular weight is 613 g/mol. The molecule has 1 rings (SSSR count). The van der Waals surface area contributed by atoms with E-state index in [2.05, 4.69) is 11.2 Å². The molecule has 1 aliphatic rings. The first kappa shape index (κ1) is 38.3. The quantitative estimate of drug-likeness (QED) is 0.0893. The molecule has 12 nitrogen and oxygen atoms in total. The average Bonchev–Trinajstić information content (AvgIpc) is 3.28. The van der Waals surface area contributed by atoms with Crippen LogP contribution in [0.15, 0.2) is 12.2 Å². The van der Waals surface area contributed by atoms with E-state index in [-0.39, 0.29) is 18.4 Å². The summed E-state index contributed by atoms with van der Waals surface area (Å²) in [6, 6.07) is -1.28. The summed E-state index contributed by atoms with van der Waals surface area (Å²) in [5, 5.41) is 3.03. The Bertz CT molecular complexity index is 900. The zero-order valence-corrected chi connectivity index (χ0v) is 26.9. The minimum Gasteiger partial charge on any atom is -0.444 e. The smallest absolute Gasteiger partial charge is 0.413 e. The van der Waals surface area contributed by atoms with Crippen LogP contribution in [0.3, 0.4) is 0 Å². The maximum atomic E-state index is 13.5. The van der Waals surface area contributed by atoms with Gasteiger partial charge >= 0.3 is 6.09 Å². The minimum absolute atomic E-state index is 0.267.